The van der Waals surface area contributed by atoms with Gasteiger partial charge in [0.1, 0.15) is 6.04 Å². The van der Waals surface area contributed by atoms with Crippen molar-refractivity contribution in [2.45, 2.75) is 44.4 Å². The Hall–Kier alpha value is -1.14. The molecule has 2 atom stereocenters. The van der Waals surface area contributed by atoms with E-state index in [2.05, 4.69) is 0 Å². The summed E-state index contributed by atoms with van der Waals surface area (Å²) in [5.74, 6) is -1.41. The van der Waals surface area contributed by atoms with Crippen molar-refractivity contribution in [2.75, 3.05) is 6.54 Å². The number of hydrogen-bond acceptors (Lipinski definition) is 4. The van der Waals surface area contributed by atoms with E-state index in [4.69, 9.17) is 10.8 Å². The molecule has 0 spiro atoms. The summed E-state index contributed by atoms with van der Waals surface area (Å²) in [5.41, 5.74) is 5.03. The van der Waals surface area contributed by atoms with E-state index in [0.29, 0.717) is 0 Å². The molecule has 0 aromatic carbocycles. The van der Waals surface area contributed by atoms with E-state index in [1.165, 1.54) is 4.90 Å². The highest BCUT2D eigenvalue weighted by atomic mass is 16.4. The van der Waals surface area contributed by atoms with Gasteiger partial charge in [-0.3, -0.25) is 4.79 Å². The zero-order valence-electron chi connectivity index (χ0n) is 9.51. The zero-order valence-corrected chi connectivity index (χ0v) is 9.51. The number of aliphatic carboxylic acids is 1. The number of carbonyl (C=O) groups excluding carboxylic acids is 1. The maximum absolute atomic E-state index is 11.8. The molecule has 1 amide bonds. The van der Waals surface area contributed by atoms with E-state index in [9.17, 15) is 14.7 Å². The Morgan fingerprint density at radius 1 is 1.50 bits per heavy atom. The van der Waals surface area contributed by atoms with Crippen LogP contribution < -0.4 is 5.73 Å². The topological polar surface area (TPSA) is 104 Å². The Kier molecular flexibility index (Phi) is 3.54. The van der Waals surface area contributed by atoms with Gasteiger partial charge in [-0.25, -0.2) is 4.79 Å². The summed E-state index contributed by atoms with van der Waals surface area (Å²) in [5, 5.41) is 18.3. The van der Waals surface area contributed by atoms with Gasteiger partial charge in [-0.2, -0.15) is 0 Å². The van der Waals surface area contributed by atoms with Crippen LogP contribution in [0.1, 0.15) is 26.7 Å². The van der Waals surface area contributed by atoms with Gasteiger partial charge in [0.25, 0.3) is 0 Å². The van der Waals surface area contributed by atoms with Crippen molar-refractivity contribution in [3.05, 3.63) is 0 Å². The van der Waals surface area contributed by atoms with Crippen molar-refractivity contribution in [1.29, 1.82) is 0 Å². The van der Waals surface area contributed by atoms with Gasteiger partial charge in [0.2, 0.25) is 5.91 Å². The number of aliphatic hydroxyl groups excluding tert-OH is 1. The van der Waals surface area contributed by atoms with E-state index >= 15 is 0 Å². The van der Waals surface area contributed by atoms with Crippen LogP contribution in [-0.2, 0) is 9.59 Å². The summed E-state index contributed by atoms with van der Waals surface area (Å²) in [6, 6.07) is -0.926. The van der Waals surface area contributed by atoms with Gasteiger partial charge < -0.3 is 20.8 Å². The number of nitrogens with two attached hydrogens (primary N) is 1. The van der Waals surface area contributed by atoms with Crippen LogP contribution in [0, 0.1) is 0 Å². The maximum atomic E-state index is 11.8. The standard InChI is InChI=1S/C10H18N2O4/c1-10(2,11)4-8(14)12-5-6(13)3-7(12)9(15)16/h6-7,13H,3-5,11H2,1-2H3,(H,15,16). The second-order valence-corrected chi connectivity index (χ2v) is 4.96. The first-order valence-corrected chi connectivity index (χ1v) is 5.20. The number of nitrogens with zero attached hydrogens (tertiary/aromatic N) is 1. The Bertz CT molecular complexity index is 298. The molecule has 0 saturated carbocycles. The van der Waals surface area contributed by atoms with Crippen LogP contribution in [0.5, 0.6) is 0 Å². The number of β-amino-alcohol motifs (C(OH)–C–C–N with tert-alkyl or cyclic N) is 1. The van der Waals surface area contributed by atoms with Gasteiger partial charge >= 0.3 is 5.97 Å². The molecular weight excluding hydrogens is 212 g/mol. The Balaban J connectivity index is 2.71. The number of likely N-dealkylation sites (tertiary alicyclic amines) is 1. The maximum Gasteiger partial charge on any atom is 0.326 e. The predicted molar refractivity (Wildman–Crippen MR) is 56.6 cm³/mol. The molecule has 1 fully saturated rings. The van der Waals surface area contributed by atoms with Crippen molar-refractivity contribution < 1.29 is 19.8 Å². The van der Waals surface area contributed by atoms with Gasteiger partial charge in [0, 0.05) is 24.9 Å². The highest BCUT2D eigenvalue weighted by Crippen LogP contribution is 2.20. The molecule has 0 aromatic heterocycles. The van der Waals surface area contributed by atoms with Crippen molar-refractivity contribution >= 4 is 11.9 Å². The monoisotopic (exact) mass is 230 g/mol. The molecule has 1 rings (SSSR count). The van der Waals surface area contributed by atoms with Gasteiger partial charge in [0.15, 0.2) is 0 Å². The van der Waals surface area contributed by atoms with Gasteiger partial charge in [-0.1, -0.05) is 0 Å². The molecule has 1 aliphatic heterocycles. The summed E-state index contributed by atoms with van der Waals surface area (Å²) in [4.78, 5) is 23.9. The normalized spacial score (nSPS) is 25.9. The van der Waals surface area contributed by atoms with Gasteiger partial charge in [-0.05, 0) is 13.8 Å². The van der Waals surface area contributed by atoms with Crippen LogP contribution in [0.2, 0.25) is 0 Å². The lowest BCUT2D eigenvalue weighted by Gasteiger charge is -2.25. The molecule has 6 heteroatoms. The largest absolute Gasteiger partial charge is 0.480 e. The molecule has 0 bridgehead atoms. The van der Waals surface area contributed by atoms with Crippen LogP contribution in [0.15, 0.2) is 0 Å². The molecule has 1 aliphatic rings. The third kappa shape index (κ3) is 3.18. The molecule has 4 N–H and O–H groups in total. The van der Waals surface area contributed by atoms with Crippen molar-refractivity contribution in [1.82, 2.24) is 4.90 Å². The number of hydrogen-bond donors (Lipinski definition) is 3. The summed E-state index contributed by atoms with van der Waals surface area (Å²) >= 11 is 0. The average molecular weight is 230 g/mol. The molecule has 2 unspecified atom stereocenters. The summed E-state index contributed by atoms with van der Waals surface area (Å²) in [7, 11) is 0. The quantitative estimate of drug-likeness (QED) is 0.586. The first kappa shape index (κ1) is 12.9. The van der Waals surface area contributed by atoms with Gasteiger partial charge in [0.05, 0.1) is 6.10 Å². The SMILES string of the molecule is CC(C)(N)CC(=O)N1CC(O)CC1C(=O)O. The summed E-state index contributed by atoms with van der Waals surface area (Å²) in [6.45, 7) is 3.48. The number of carbonyl (C=O) groups is 2. The second-order valence-electron chi connectivity index (χ2n) is 4.96. The van der Waals surface area contributed by atoms with Crippen molar-refractivity contribution in [3.63, 3.8) is 0 Å². The highest BCUT2D eigenvalue weighted by molar-refractivity contribution is 5.85. The number of carboxylic acid groups (broad SMARTS) is 1. The average Bonchev–Trinajstić information content (AvgIpc) is 2.44. The number of aliphatic hydroxyl groups is 1. The first-order valence-electron chi connectivity index (χ1n) is 5.20. The van der Waals surface area contributed by atoms with Crippen molar-refractivity contribution in [3.8, 4) is 0 Å². The van der Waals surface area contributed by atoms with E-state index in [1.807, 2.05) is 0 Å². The van der Waals surface area contributed by atoms with E-state index < -0.39 is 23.7 Å². The number of amides is 1. The first-order chi connectivity index (χ1) is 7.20. The molecular formula is C10H18N2O4. The minimum atomic E-state index is -1.08. The number of carboxylic acids is 1. The number of rotatable bonds is 3. The van der Waals surface area contributed by atoms with Crippen molar-refractivity contribution in [2.24, 2.45) is 5.73 Å². The van der Waals surface area contributed by atoms with Crippen LogP contribution >= 0.6 is 0 Å². The minimum Gasteiger partial charge on any atom is -0.480 e. The third-order valence-corrected chi connectivity index (χ3v) is 2.49. The van der Waals surface area contributed by atoms with Crippen LogP contribution in [-0.4, -0.2) is 51.2 Å². The molecule has 1 saturated heterocycles. The molecule has 92 valence electrons. The molecule has 6 nitrogen and oxygen atoms in total. The summed E-state index contributed by atoms with van der Waals surface area (Å²) in [6.07, 6.45) is -0.596. The molecule has 0 aromatic rings. The lowest BCUT2D eigenvalue weighted by atomic mass is 10.0. The third-order valence-electron chi connectivity index (χ3n) is 2.49. The lowest BCUT2D eigenvalue weighted by molar-refractivity contribution is -0.148. The van der Waals surface area contributed by atoms with Crippen LogP contribution in [0.4, 0.5) is 0 Å². The van der Waals surface area contributed by atoms with Gasteiger partial charge in [-0.15, -0.1) is 0 Å². The minimum absolute atomic E-state index is 0.0729. The summed E-state index contributed by atoms with van der Waals surface area (Å²) < 4.78 is 0. The smallest absolute Gasteiger partial charge is 0.326 e. The second kappa shape index (κ2) is 4.39. The lowest BCUT2D eigenvalue weighted by Crippen LogP contribution is -2.45. The van der Waals surface area contributed by atoms with Crippen LogP contribution in [0.25, 0.3) is 0 Å². The van der Waals surface area contributed by atoms with E-state index in [0.717, 1.165) is 0 Å². The molecule has 16 heavy (non-hydrogen) atoms. The Morgan fingerprint density at radius 3 is 2.50 bits per heavy atom. The fraction of sp³-hybridized carbons (Fsp3) is 0.800. The molecule has 0 radical (unpaired) electrons. The van der Waals surface area contributed by atoms with E-state index in [1.54, 1.807) is 13.8 Å². The molecule has 0 aliphatic carbocycles. The Morgan fingerprint density at radius 2 is 2.06 bits per heavy atom. The van der Waals surface area contributed by atoms with E-state index in [-0.39, 0.29) is 25.3 Å². The highest BCUT2D eigenvalue weighted by Gasteiger charge is 2.39. The fourth-order valence-corrected chi connectivity index (χ4v) is 1.81. The fourth-order valence-electron chi connectivity index (χ4n) is 1.81. The zero-order chi connectivity index (χ0) is 12.5. The molecule has 1 heterocycles. The Labute approximate surface area is 94.0 Å². The predicted octanol–water partition coefficient (Wildman–Crippen LogP) is -0.840. The van der Waals surface area contributed by atoms with Crippen LogP contribution in [0.3, 0.4) is 0 Å².